The van der Waals surface area contributed by atoms with E-state index in [0.717, 1.165) is 11.3 Å². The van der Waals surface area contributed by atoms with E-state index in [0.29, 0.717) is 33.1 Å². The molecule has 24 heavy (non-hydrogen) atoms. The Hall–Kier alpha value is -1.72. The Morgan fingerprint density at radius 2 is 2.17 bits per heavy atom. The van der Waals surface area contributed by atoms with Crippen LogP contribution in [0.5, 0.6) is 0 Å². The minimum absolute atomic E-state index is 0.111. The Morgan fingerprint density at radius 3 is 2.92 bits per heavy atom. The molecule has 3 aromatic rings. The number of fused-ring (bicyclic) bond motifs is 1. The van der Waals surface area contributed by atoms with Gasteiger partial charge in [0.15, 0.2) is 11.4 Å². The fourth-order valence-electron chi connectivity index (χ4n) is 3.10. The number of ketones is 1. The van der Waals surface area contributed by atoms with E-state index in [2.05, 4.69) is 16.5 Å². The van der Waals surface area contributed by atoms with Crippen LogP contribution in [0.3, 0.4) is 0 Å². The summed E-state index contributed by atoms with van der Waals surface area (Å²) in [4.78, 5) is 17.0. The molecule has 6 heteroatoms. The van der Waals surface area contributed by atoms with Gasteiger partial charge in [-0.15, -0.1) is 0 Å². The van der Waals surface area contributed by atoms with Crippen molar-refractivity contribution in [1.82, 2.24) is 9.55 Å². The van der Waals surface area contributed by atoms with Crippen LogP contribution in [0.4, 0.5) is 0 Å². The summed E-state index contributed by atoms with van der Waals surface area (Å²) in [5.41, 5.74) is 4.45. The highest BCUT2D eigenvalue weighted by Crippen LogP contribution is 2.38. The van der Waals surface area contributed by atoms with Gasteiger partial charge in [-0.1, -0.05) is 23.4 Å². The number of oxazole rings is 1. The molecule has 0 amide bonds. The van der Waals surface area contributed by atoms with E-state index < -0.39 is 0 Å². The van der Waals surface area contributed by atoms with E-state index in [1.54, 1.807) is 18.2 Å². The largest absolute Gasteiger partial charge is 0.431 e. The molecule has 4 rings (SSSR count). The zero-order valence-corrected chi connectivity index (χ0v) is 15.1. The Balaban J connectivity index is 1.50. The summed E-state index contributed by atoms with van der Waals surface area (Å²) in [5, 5.41) is 1.12. The molecular formula is C18H17ClN2O2S. The number of thioether (sulfide) groups is 1. The number of hydrogen-bond acceptors (Lipinski definition) is 4. The molecule has 0 spiro atoms. The smallest absolute Gasteiger partial charge is 0.257 e. The van der Waals surface area contributed by atoms with Gasteiger partial charge in [0.25, 0.3) is 5.22 Å². The summed E-state index contributed by atoms with van der Waals surface area (Å²) in [7, 11) is 0. The summed E-state index contributed by atoms with van der Waals surface area (Å²) in [6.07, 6.45) is 2.43. The number of halogens is 1. The topological polar surface area (TPSA) is 48.0 Å². The third-order valence-corrected chi connectivity index (χ3v) is 5.42. The predicted molar refractivity (Wildman–Crippen MR) is 96.3 cm³/mol. The van der Waals surface area contributed by atoms with Crippen molar-refractivity contribution in [2.45, 2.75) is 38.0 Å². The van der Waals surface area contributed by atoms with E-state index >= 15 is 0 Å². The van der Waals surface area contributed by atoms with Crippen LogP contribution >= 0.6 is 23.4 Å². The minimum Gasteiger partial charge on any atom is -0.431 e. The van der Waals surface area contributed by atoms with Gasteiger partial charge < -0.3 is 8.98 Å². The molecule has 4 nitrogen and oxygen atoms in total. The lowest BCUT2D eigenvalue weighted by Crippen LogP contribution is -2.05. The van der Waals surface area contributed by atoms with Gasteiger partial charge in [0, 0.05) is 28.0 Å². The third-order valence-electron chi connectivity index (χ3n) is 4.35. The van der Waals surface area contributed by atoms with Crippen molar-refractivity contribution < 1.29 is 9.21 Å². The Kier molecular flexibility index (Phi) is 3.93. The third kappa shape index (κ3) is 2.87. The molecule has 2 aromatic heterocycles. The van der Waals surface area contributed by atoms with Crippen molar-refractivity contribution in [3.8, 4) is 0 Å². The second-order valence-electron chi connectivity index (χ2n) is 6.19. The lowest BCUT2D eigenvalue weighted by atomic mass is 10.2. The van der Waals surface area contributed by atoms with E-state index in [1.807, 2.05) is 13.0 Å². The summed E-state index contributed by atoms with van der Waals surface area (Å²) >= 11 is 7.28. The first-order chi connectivity index (χ1) is 11.5. The monoisotopic (exact) mass is 360 g/mol. The van der Waals surface area contributed by atoms with Gasteiger partial charge >= 0.3 is 0 Å². The first kappa shape index (κ1) is 15.8. The van der Waals surface area contributed by atoms with E-state index in [-0.39, 0.29) is 5.78 Å². The highest BCUT2D eigenvalue weighted by atomic mass is 35.5. The fourth-order valence-corrected chi connectivity index (χ4v) is 3.99. The molecule has 0 saturated heterocycles. The van der Waals surface area contributed by atoms with Crippen molar-refractivity contribution in [2.75, 3.05) is 5.75 Å². The summed E-state index contributed by atoms with van der Waals surface area (Å²) in [6, 6.07) is 7.90. The van der Waals surface area contributed by atoms with Crippen molar-refractivity contribution in [3.05, 3.63) is 46.2 Å². The zero-order chi connectivity index (χ0) is 16.8. The molecule has 1 aliphatic carbocycles. The van der Waals surface area contributed by atoms with Crippen molar-refractivity contribution in [2.24, 2.45) is 0 Å². The van der Waals surface area contributed by atoms with Crippen molar-refractivity contribution in [3.63, 3.8) is 0 Å². The maximum atomic E-state index is 12.6. The standard InChI is InChI=1S/C18H17ClN2O2S/c1-10-7-14(11(2)21(10)13-4-5-13)16(22)9-24-18-20-15-8-12(19)3-6-17(15)23-18/h3,6-8,13H,4-5,9H2,1-2H3. The van der Waals surface area contributed by atoms with Gasteiger partial charge in [0.2, 0.25) is 0 Å². The van der Waals surface area contributed by atoms with Crippen LogP contribution in [-0.4, -0.2) is 21.1 Å². The van der Waals surface area contributed by atoms with Crippen LogP contribution in [0, 0.1) is 13.8 Å². The maximum absolute atomic E-state index is 12.6. The molecule has 0 unspecified atom stereocenters. The molecule has 0 radical (unpaired) electrons. The van der Waals surface area contributed by atoms with Crippen molar-refractivity contribution in [1.29, 1.82) is 0 Å². The summed E-state index contributed by atoms with van der Waals surface area (Å²) in [5.74, 6) is 0.426. The number of carbonyl (C=O) groups is 1. The highest BCUT2D eigenvalue weighted by Gasteiger charge is 2.28. The molecule has 1 fully saturated rings. The van der Waals surface area contributed by atoms with Crippen LogP contribution in [0.2, 0.25) is 5.02 Å². The van der Waals surface area contributed by atoms with Crippen LogP contribution in [-0.2, 0) is 0 Å². The molecule has 0 N–H and O–H groups in total. The zero-order valence-electron chi connectivity index (χ0n) is 13.5. The lowest BCUT2D eigenvalue weighted by molar-refractivity contribution is 0.102. The summed E-state index contributed by atoms with van der Waals surface area (Å²) in [6.45, 7) is 4.10. The van der Waals surface area contributed by atoms with Gasteiger partial charge in [-0.05, 0) is 51.0 Å². The Morgan fingerprint density at radius 1 is 1.38 bits per heavy atom. The Bertz CT molecular complexity index is 940. The number of hydrogen-bond donors (Lipinski definition) is 0. The fraction of sp³-hybridized carbons (Fsp3) is 0.333. The average Bonchev–Trinajstić information content (AvgIpc) is 3.21. The summed E-state index contributed by atoms with van der Waals surface area (Å²) < 4.78 is 7.94. The quantitative estimate of drug-likeness (QED) is 0.463. The second-order valence-corrected chi connectivity index (χ2v) is 7.55. The number of aryl methyl sites for hydroxylation is 1. The molecule has 0 bridgehead atoms. The predicted octanol–water partition coefficient (Wildman–Crippen LogP) is 5.21. The van der Waals surface area contributed by atoms with E-state index in [4.69, 9.17) is 16.0 Å². The SMILES string of the molecule is Cc1cc(C(=O)CSc2nc3cc(Cl)ccc3o2)c(C)n1C1CC1. The van der Waals surface area contributed by atoms with Crippen LogP contribution in [0.25, 0.3) is 11.1 Å². The molecule has 0 atom stereocenters. The number of Topliss-reactive ketones (excluding diaryl/α,β-unsaturated/α-hetero) is 1. The normalized spacial score (nSPS) is 14.5. The average molecular weight is 361 g/mol. The molecular weight excluding hydrogens is 344 g/mol. The molecule has 1 aliphatic rings. The van der Waals surface area contributed by atoms with Crippen LogP contribution in [0.1, 0.15) is 40.6 Å². The number of aromatic nitrogens is 2. The van der Waals surface area contributed by atoms with Gasteiger partial charge in [-0.2, -0.15) is 0 Å². The minimum atomic E-state index is 0.111. The molecule has 2 heterocycles. The number of benzene rings is 1. The van der Waals surface area contributed by atoms with E-state index in [1.165, 1.54) is 30.3 Å². The number of carbonyl (C=O) groups excluding carboxylic acids is 1. The van der Waals surface area contributed by atoms with Gasteiger partial charge in [0.1, 0.15) is 5.52 Å². The number of rotatable bonds is 5. The van der Waals surface area contributed by atoms with Gasteiger partial charge in [-0.3, -0.25) is 4.79 Å². The van der Waals surface area contributed by atoms with Gasteiger partial charge in [-0.25, -0.2) is 4.98 Å². The van der Waals surface area contributed by atoms with Crippen LogP contribution in [0.15, 0.2) is 33.9 Å². The lowest BCUT2D eigenvalue weighted by Gasteiger charge is -2.07. The molecule has 1 aromatic carbocycles. The Labute approximate surface area is 149 Å². The first-order valence-electron chi connectivity index (χ1n) is 7.93. The van der Waals surface area contributed by atoms with Crippen LogP contribution < -0.4 is 0 Å². The molecule has 0 aliphatic heterocycles. The van der Waals surface area contributed by atoms with Gasteiger partial charge in [0.05, 0.1) is 5.75 Å². The first-order valence-corrected chi connectivity index (χ1v) is 9.30. The molecule has 1 saturated carbocycles. The number of nitrogens with zero attached hydrogens (tertiary/aromatic N) is 2. The maximum Gasteiger partial charge on any atom is 0.257 e. The molecule has 124 valence electrons. The van der Waals surface area contributed by atoms with Crippen molar-refractivity contribution >= 4 is 40.2 Å². The van der Waals surface area contributed by atoms with E-state index in [9.17, 15) is 4.79 Å². The second kappa shape index (κ2) is 5.97. The highest BCUT2D eigenvalue weighted by molar-refractivity contribution is 7.99.